The number of anilines is 1. The van der Waals surface area contributed by atoms with Crippen LogP contribution >= 0.6 is 0 Å². The standard InChI is InChI=1S/C19H18N2O2/c1-13-17-6-4-5-7-18(17)21(20-19(13)14(2)22)12-15-8-10-16(23-3)11-9-15/h4-11H,1,12H2,2-3H3. The first-order valence-corrected chi connectivity index (χ1v) is 7.39. The zero-order chi connectivity index (χ0) is 16.4. The molecular formula is C19H18N2O2. The van der Waals surface area contributed by atoms with E-state index in [1.807, 2.05) is 53.5 Å². The lowest BCUT2D eigenvalue weighted by molar-refractivity contribution is -0.110. The molecule has 1 heterocycles. The van der Waals surface area contributed by atoms with Gasteiger partial charge in [-0.25, -0.2) is 0 Å². The number of ether oxygens (including phenoxy) is 1. The summed E-state index contributed by atoms with van der Waals surface area (Å²) in [6.07, 6.45) is 0. The summed E-state index contributed by atoms with van der Waals surface area (Å²) in [7, 11) is 1.64. The van der Waals surface area contributed by atoms with Crippen LogP contribution in [0.5, 0.6) is 5.75 Å². The normalized spacial score (nSPS) is 13.4. The summed E-state index contributed by atoms with van der Waals surface area (Å²) in [5.41, 5.74) is 4.08. The predicted molar refractivity (Wildman–Crippen MR) is 92.8 cm³/mol. The molecule has 0 aliphatic carbocycles. The number of fused-ring (bicyclic) bond motifs is 1. The Labute approximate surface area is 135 Å². The van der Waals surface area contributed by atoms with Gasteiger partial charge in [-0.1, -0.05) is 36.9 Å². The number of hydrazone groups is 1. The minimum Gasteiger partial charge on any atom is -0.497 e. The van der Waals surface area contributed by atoms with Crippen LogP contribution in [0.3, 0.4) is 0 Å². The number of ketones is 1. The molecule has 116 valence electrons. The molecule has 0 saturated heterocycles. The summed E-state index contributed by atoms with van der Waals surface area (Å²) >= 11 is 0. The highest BCUT2D eigenvalue weighted by atomic mass is 16.5. The summed E-state index contributed by atoms with van der Waals surface area (Å²) < 4.78 is 5.18. The number of hydrogen-bond acceptors (Lipinski definition) is 4. The number of nitrogens with zero attached hydrogens (tertiary/aromatic N) is 2. The Morgan fingerprint density at radius 1 is 1.17 bits per heavy atom. The van der Waals surface area contributed by atoms with Crippen LogP contribution in [0.4, 0.5) is 5.69 Å². The number of rotatable bonds is 4. The largest absolute Gasteiger partial charge is 0.497 e. The molecule has 0 aromatic heterocycles. The highest BCUT2D eigenvalue weighted by Crippen LogP contribution is 2.33. The van der Waals surface area contributed by atoms with E-state index in [4.69, 9.17) is 4.74 Å². The van der Waals surface area contributed by atoms with Gasteiger partial charge in [0, 0.05) is 18.1 Å². The Bertz CT molecular complexity index is 791. The van der Waals surface area contributed by atoms with Crippen LogP contribution in [0.2, 0.25) is 0 Å². The highest BCUT2D eigenvalue weighted by Gasteiger charge is 2.24. The van der Waals surface area contributed by atoms with Crippen molar-refractivity contribution in [2.45, 2.75) is 13.5 Å². The molecule has 2 aromatic carbocycles. The number of carbonyl (C=O) groups excluding carboxylic acids is 1. The van der Waals surface area contributed by atoms with E-state index in [-0.39, 0.29) is 5.78 Å². The molecule has 0 atom stereocenters. The van der Waals surface area contributed by atoms with Crippen molar-refractivity contribution in [3.05, 3.63) is 66.2 Å². The Balaban J connectivity index is 1.98. The molecule has 0 unspecified atom stereocenters. The van der Waals surface area contributed by atoms with Gasteiger partial charge >= 0.3 is 0 Å². The van der Waals surface area contributed by atoms with Gasteiger partial charge in [-0.2, -0.15) is 5.10 Å². The first kappa shape index (κ1) is 15.0. The number of allylic oxidation sites excluding steroid dienone is 1. The van der Waals surface area contributed by atoms with Crippen LogP contribution in [0.1, 0.15) is 18.1 Å². The quantitative estimate of drug-likeness (QED) is 0.865. The number of Topliss-reactive ketones (excluding diaryl/α,β-unsaturated/α-hetero) is 1. The van der Waals surface area contributed by atoms with Crippen molar-refractivity contribution in [2.24, 2.45) is 5.10 Å². The van der Waals surface area contributed by atoms with Crippen molar-refractivity contribution in [3.8, 4) is 5.75 Å². The number of para-hydroxylation sites is 1. The molecule has 3 rings (SSSR count). The number of methoxy groups -OCH3 is 1. The molecular weight excluding hydrogens is 288 g/mol. The lowest BCUT2D eigenvalue weighted by Gasteiger charge is -2.28. The first-order chi connectivity index (χ1) is 11.1. The van der Waals surface area contributed by atoms with Gasteiger partial charge in [0.15, 0.2) is 5.78 Å². The second-order valence-electron chi connectivity index (χ2n) is 5.41. The smallest absolute Gasteiger partial charge is 0.180 e. The highest BCUT2D eigenvalue weighted by molar-refractivity contribution is 6.56. The summed E-state index contributed by atoms with van der Waals surface area (Å²) in [4.78, 5) is 11.9. The maximum Gasteiger partial charge on any atom is 0.180 e. The molecule has 1 aliphatic heterocycles. The minimum atomic E-state index is -0.0794. The Morgan fingerprint density at radius 2 is 1.87 bits per heavy atom. The lowest BCUT2D eigenvalue weighted by Crippen LogP contribution is -2.27. The molecule has 23 heavy (non-hydrogen) atoms. The third-order valence-corrected chi connectivity index (χ3v) is 3.84. The van der Waals surface area contributed by atoms with E-state index < -0.39 is 0 Å². The van der Waals surface area contributed by atoms with Crippen LogP contribution in [-0.4, -0.2) is 18.6 Å². The molecule has 0 amide bonds. The minimum absolute atomic E-state index is 0.0794. The monoisotopic (exact) mass is 306 g/mol. The van der Waals surface area contributed by atoms with Gasteiger partial charge in [0.25, 0.3) is 0 Å². The van der Waals surface area contributed by atoms with E-state index in [2.05, 4.69) is 11.7 Å². The second kappa shape index (κ2) is 6.08. The van der Waals surface area contributed by atoms with Gasteiger partial charge in [-0.3, -0.25) is 9.80 Å². The van der Waals surface area contributed by atoms with Crippen molar-refractivity contribution < 1.29 is 9.53 Å². The summed E-state index contributed by atoms with van der Waals surface area (Å²) in [5.74, 6) is 0.735. The topological polar surface area (TPSA) is 41.9 Å². The van der Waals surface area contributed by atoms with Crippen molar-refractivity contribution in [1.82, 2.24) is 0 Å². The van der Waals surface area contributed by atoms with E-state index in [0.717, 1.165) is 22.6 Å². The molecule has 4 nitrogen and oxygen atoms in total. The van der Waals surface area contributed by atoms with Gasteiger partial charge in [-0.15, -0.1) is 0 Å². The van der Waals surface area contributed by atoms with Crippen molar-refractivity contribution in [3.63, 3.8) is 0 Å². The fourth-order valence-corrected chi connectivity index (χ4v) is 2.62. The Morgan fingerprint density at radius 3 is 2.52 bits per heavy atom. The van der Waals surface area contributed by atoms with Gasteiger partial charge in [-0.05, 0) is 23.8 Å². The second-order valence-corrected chi connectivity index (χ2v) is 5.41. The zero-order valence-corrected chi connectivity index (χ0v) is 13.2. The van der Waals surface area contributed by atoms with E-state index in [1.54, 1.807) is 7.11 Å². The fourth-order valence-electron chi connectivity index (χ4n) is 2.62. The van der Waals surface area contributed by atoms with Crippen molar-refractivity contribution in [2.75, 3.05) is 12.1 Å². The first-order valence-electron chi connectivity index (χ1n) is 7.39. The average molecular weight is 306 g/mol. The molecule has 0 bridgehead atoms. The molecule has 0 fully saturated rings. The summed E-state index contributed by atoms with van der Waals surface area (Å²) in [6, 6.07) is 15.7. The molecule has 0 radical (unpaired) electrons. The molecule has 0 spiro atoms. The predicted octanol–water partition coefficient (Wildman–Crippen LogP) is 3.67. The van der Waals surface area contributed by atoms with Crippen LogP contribution in [0.15, 0.2) is 60.2 Å². The molecule has 2 aromatic rings. The van der Waals surface area contributed by atoms with Gasteiger partial charge in [0.2, 0.25) is 0 Å². The van der Waals surface area contributed by atoms with Crippen molar-refractivity contribution >= 4 is 22.8 Å². The molecule has 0 saturated carbocycles. The number of hydrogen-bond donors (Lipinski definition) is 0. The Kier molecular flexibility index (Phi) is 3.98. The molecule has 4 heteroatoms. The van der Waals surface area contributed by atoms with Gasteiger partial charge in [0.05, 0.1) is 19.3 Å². The molecule has 0 N–H and O–H groups in total. The van der Waals surface area contributed by atoms with E-state index in [0.29, 0.717) is 17.8 Å². The number of benzene rings is 2. The van der Waals surface area contributed by atoms with Crippen molar-refractivity contribution in [1.29, 1.82) is 0 Å². The lowest BCUT2D eigenvalue weighted by atomic mass is 9.97. The average Bonchev–Trinajstić information content (AvgIpc) is 2.58. The maximum atomic E-state index is 11.9. The van der Waals surface area contributed by atoms with Crippen LogP contribution in [0, 0.1) is 0 Å². The van der Waals surface area contributed by atoms with E-state index in [1.165, 1.54) is 6.92 Å². The van der Waals surface area contributed by atoms with E-state index >= 15 is 0 Å². The maximum absolute atomic E-state index is 11.9. The van der Waals surface area contributed by atoms with Gasteiger partial charge < -0.3 is 4.74 Å². The van der Waals surface area contributed by atoms with E-state index in [9.17, 15) is 4.79 Å². The fraction of sp³-hybridized carbons (Fsp3) is 0.158. The Hall–Kier alpha value is -2.88. The van der Waals surface area contributed by atoms with Crippen LogP contribution in [-0.2, 0) is 11.3 Å². The van der Waals surface area contributed by atoms with Crippen LogP contribution in [0.25, 0.3) is 5.57 Å². The van der Waals surface area contributed by atoms with Crippen LogP contribution < -0.4 is 9.75 Å². The number of carbonyl (C=O) groups is 1. The summed E-state index contributed by atoms with van der Waals surface area (Å²) in [5, 5.41) is 6.36. The third-order valence-electron chi connectivity index (χ3n) is 3.84. The summed E-state index contributed by atoms with van der Waals surface area (Å²) in [6.45, 7) is 6.12. The molecule has 1 aliphatic rings. The third kappa shape index (κ3) is 2.88. The SMILES string of the molecule is C=C1C(C(C)=O)=NN(Cc2ccc(OC)cc2)c2ccccc21. The van der Waals surface area contributed by atoms with Gasteiger partial charge in [0.1, 0.15) is 11.5 Å². The zero-order valence-electron chi connectivity index (χ0n) is 13.2.